The number of nitrogens with one attached hydrogen (secondary N) is 1. The molecule has 0 radical (unpaired) electrons. The van der Waals surface area contributed by atoms with Crippen LogP contribution in [0.4, 0.5) is 5.82 Å². The van der Waals surface area contributed by atoms with Gasteiger partial charge in [-0.25, -0.2) is 4.98 Å². The van der Waals surface area contributed by atoms with Crippen LogP contribution in [0.3, 0.4) is 0 Å². The van der Waals surface area contributed by atoms with Crippen molar-refractivity contribution in [2.75, 3.05) is 18.0 Å². The number of carbonyl (C=O) groups is 1. The van der Waals surface area contributed by atoms with Crippen LogP contribution in [0.25, 0.3) is 0 Å². The van der Waals surface area contributed by atoms with Gasteiger partial charge >= 0.3 is 0 Å². The fraction of sp³-hybridized carbons (Fsp3) is 0.647. The number of rotatable bonds is 6. The third-order valence-corrected chi connectivity index (χ3v) is 3.87. The van der Waals surface area contributed by atoms with Crippen molar-refractivity contribution >= 4 is 11.7 Å². The number of nitrogens with zero attached hydrogens (tertiary/aromatic N) is 2. The van der Waals surface area contributed by atoms with Crippen molar-refractivity contribution in [2.24, 2.45) is 5.73 Å². The molecule has 6 nitrogen and oxygen atoms in total. The van der Waals surface area contributed by atoms with Gasteiger partial charge in [0.05, 0.1) is 12.2 Å². The second-order valence-electron chi connectivity index (χ2n) is 6.48. The lowest BCUT2D eigenvalue weighted by atomic mass is 10.2. The second kappa shape index (κ2) is 8.26. The molecule has 1 amide bonds. The van der Waals surface area contributed by atoms with Gasteiger partial charge in [-0.1, -0.05) is 6.07 Å². The number of carbonyl (C=O) groups excluding carboxylic acids is 1. The monoisotopic (exact) mass is 320 g/mol. The first kappa shape index (κ1) is 17.7. The molecular weight excluding hydrogens is 292 g/mol. The zero-order valence-corrected chi connectivity index (χ0v) is 14.3. The molecule has 3 unspecified atom stereocenters. The predicted octanol–water partition coefficient (Wildman–Crippen LogP) is 1.44. The van der Waals surface area contributed by atoms with Gasteiger partial charge in [0.2, 0.25) is 5.91 Å². The SMILES string of the molecule is CC(N)CCC(=O)NCc1ccc(N2CC(C)OC(C)C2)nc1. The van der Waals surface area contributed by atoms with E-state index in [0.717, 1.165) is 24.5 Å². The quantitative estimate of drug-likeness (QED) is 0.829. The smallest absolute Gasteiger partial charge is 0.220 e. The minimum absolute atomic E-state index is 0.0298. The number of nitrogens with two attached hydrogens (primary N) is 1. The van der Waals surface area contributed by atoms with Crippen molar-refractivity contribution in [3.63, 3.8) is 0 Å². The summed E-state index contributed by atoms with van der Waals surface area (Å²) >= 11 is 0. The van der Waals surface area contributed by atoms with Gasteiger partial charge in [-0.05, 0) is 38.8 Å². The number of pyridine rings is 1. The van der Waals surface area contributed by atoms with E-state index >= 15 is 0 Å². The zero-order valence-electron chi connectivity index (χ0n) is 14.3. The van der Waals surface area contributed by atoms with E-state index < -0.39 is 0 Å². The van der Waals surface area contributed by atoms with Crippen LogP contribution in [0, 0.1) is 0 Å². The largest absolute Gasteiger partial charge is 0.372 e. The third-order valence-electron chi connectivity index (χ3n) is 3.87. The van der Waals surface area contributed by atoms with Crippen molar-refractivity contribution in [3.05, 3.63) is 23.9 Å². The fourth-order valence-corrected chi connectivity index (χ4v) is 2.72. The summed E-state index contributed by atoms with van der Waals surface area (Å²) in [6.07, 6.45) is 3.42. The molecule has 0 aromatic carbocycles. The third kappa shape index (κ3) is 5.80. The Morgan fingerprint density at radius 2 is 2.13 bits per heavy atom. The average Bonchev–Trinajstić information content (AvgIpc) is 2.50. The molecule has 1 saturated heterocycles. The van der Waals surface area contributed by atoms with Crippen LogP contribution in [0.2, 0.25) is 0 Å². The van der Waals surface area contributed by atoms with Gasteiger partial charge in [-0.2, -0.15) is 0 Å². The van der Waals surface area contributed by atoms with Gasteiger partial charge in [-0.3, -0.25) is 4.79 Å². The first-order valence-electron chi connectivity index (χ1n) is 8.31. The molecule has 2 rings (SSSR count). The number of hydrogen-bond acceptors (Lipinski definition) is 5. The van der Waals surface area contributed by atoms with Gasteiger partial charge < -0.3 is 20.7 Å². The first-order chi connectivity index (χ1) is 10.9. The number of ether oxygens (including phenoxy) is 1. The number of anilines is 1. The zero-order chi connectivity index (χ0) is 16.8. The van der Waals surface area contributed by atoms with E-state index in [2.05, 4.69) is 29.0 Å². The van der Waals surface area contributed by atoms with Crippen molar-refractivity contribution in [3.8, 4) is 0 Å². The van der Waals surface area contributed by atoms with E-state index in [9.17, 15) is 4.79 Å². The van der Waals surface area contributed by atoms with Crippen LogP contribution < -0.4 is 16.0 Å². The Morgan fingerprint density at radius 1 is 1.43 bits per heavy atom. The molecule has 1 aliphatic rings. The predicted molar refractivity (Wildman–Crippen MR) is 91.2 cm³/mol. The summed E-state index contributed by atoms with van der Waals surface area (Å²) in [4.78, 5) is 18.5. The minimum Gasteiger partial charge on any atom is -0.372 e. The number of hydrogen-bond donors (Lipinski definition) is 2. The Kier molecular flexibility index (Phi) is 6.36. The highest BCUT2D eigenvalue weighted by molar-refractivity contribution is 5.75. The molecule has 3 atom stereocenters. The Hall–Kier alpha value is -1.66. The maximum Gasteiger partial charge on any atom is 0.220 e. The summed E-state index contributed by atoms with van der Waals surface area (Å²) in [6.45, 7) is 8.27. The van der Waals surface area contributed by atoms with E-state index in [4.69, 9.17) is 10.5 Å². The van der Waals surface area contributed by atoms with E-state index in [1.807, 2.05) is 25.3 Å². The maximum absolute atomic E-state index is 11.7. The van der Waals surface area contributed by atoms with Crippen molar-refractivity contribution in [1.82, 2.24) is 10.3 Å². The van der Waals surface area contributed by atoms with E-state index in [0.29, 0.717) is 19.4 Å². The van der Waals surface area contributed by atoms with Gasteiger partial charge in [0, 0.05) is 38.3 Å². The summed E-state index contributed by atoms with van der Waals surface area (Å²) in [6, 6.07) is 4.08. The lowest BCUT2D eigenvalue weighted by Crippen LogP contribution is -2.45. The molecule has 0 aliphatic carbocycles. The van der Waals surface area contributed by atoms with Crippen LogP contribution in [0.1, 0.15) is 39.2 Å². The minimum atomic E-state index is 0.0298. The highest BCUT2D eigenvalue weighted by Crippen LogP contribution is 2.18. The highest BCUT2D eigenvalue weighted by atomic mass is 16.5. The van der Waals surface area contributed by atoms with E-state index in [-0.39, 0.29) is 24.2 Å². The molecular formula is C17H28N4O2. The van der Waals surface area contributed by atoms with E-state index in [1.54, 1.807) is 0 Å². The molecule has 0 spiro atoms. The standard InChI is InChI=1S/C17H28N4O2/c1-12(18)4-7-17(22)20-9-15-5-6-16(19-8-15)21-10-13(2)23-14(3)11-21/h5-6,8,12-14H,4,7,9-11,18H2,1-3H3,(H,20,22). The molecule has 3 N–H and O–H groups in total. The molecule has 1 fully saturated rings. The molecule has 0 saturated carbocycles. The van der Waals surface area contributed by atoms with Crippen LogP contribution >= 0.6 is 0 Å². The topological polar surface area (TPSA) is 80.5 Å². The van der Waals surface area contributed by atoms with Crippen molar-refractivity contribution < 1.29 is 9.53 Å². The molecule has 2 heterocycles. The molecule has 23 heavy (non-hydrogen) atoms. The number of aromatic nitrogens is 1. The molecule has 128 valence electrons. The average molecular weight is 320 g/mol. The lowest BCUT2D eigenvalue weighted by Gasteiger charge is -2.36. The Labute approximate surface area is 138 Å². The van der Waals surface area contributed by atoms with Gasteiger partial charge in [0.15, 0.2) is 0 Å². The van der Waals surface area contributed by atoms with Gasteiger partial charge in [0.25, 0.3) is 0 Å². The lowest BCUT2D eigenvalue weighted by molar-refractivity contribution is -0.121. The van der Waals surface area contributed by atoms with Crippen molar-refractivity contribution in [1.29, 1.82) is 0 Å². The van der Waals surface area contributed by atoms with Gasteiger partial charge in [0.1, 0.15) is 5.82 Å². The molecule has 6 heteroatoms. The van der Waals surface area contributed by atoms with Crippen LogP contribution in [0.15, 0.2) is 18.3 Å². The van der Waals surface area contributed by atoms with Crippen LogP contribution in [-0.2, 0) is 16.1 Å². The number of morpholine rings is 1. The van der Waals surface area contributed by atoms with Gasteiger partial charge in [-0.15, -0.1) is 0 Å². The van der Waals surface area contributed by atoms with E-state index in [1.165, 1.54) is 0 Å². The highest BCUT2D eigenvalue weighted by Gasteiger charge is 2.22. The summed E-state index contributed by atoms with van der Waals surface area (Å²) in [7, 11) is 0. The summed E-state index contributed by atoms with van der Waals surface area (Å²) in [5.74, 6) is 0.987. The molecule has 0 bridgehead atoms. The molecule has 1 aromatic heterocycles. The fourth-order valence-electron chi connectivity index (χ4n) is 2.72. The second-order valence-corrected chi connectivity index (χ2v) is 6.48. The van der Waals surface area contributed by atoms with Crippen LogP contribution in [0.5, 0.6) is 0 Å². The summed E-state index contributed by atoms with van der Waals surface area (Å²) < 4.78 is 5.74. The van der Waals surface area contributed by atoms with Crippen molar-refractivity contribution in [2.45, 2.75) is 58.4 Å². The molecule has 1 aliphatic heterocycles. The Bertz CT molecular complexity index is 494. The summed E-state index contributed by atoms with van der Waals surface area (Å²) in [5.41, 5.74) is 6.65. The van der Waals surface area contributed by atoms with Crippen LogP contribution in [-0.4, -0.2) is 42.2 Å². The first-order valence-corrected chi connectivity index (χ1v) is 8.31. The number of amides is 1. The molecule has 1 aromatic rings. The Morgan fingerprint density at radius 3 is 2.70 bits per heavy atom. The normalized spacial score (nSPS) is 22.7. The Balaban J connectivity index is 1.83. The maximum atomic E-state index is 11.7. The summed E-state index contributed by atoms with van der Waals surface area (Å²) in [5, 5.41) is 2.90.